The van der Waals surface area contributed by atoms with Crippen molar-refractivity contribution >= 4 is 23.2 Å². The predicted molar refractivity (Wildman–Crippen MR) is 87.9 cm³/mol. The van der Waals surface area contributed by atoms with Crippen molar-refractivity contribution in [3.05, 3.63) is 65.1 Å². The van der Waals surface area contributed by atoms with Crippen LogP contribution in [-0.2, 0) is 0 Å². The molecule has 0 atom stereocenters. The lowest BCUT2D eigenvalue weighted by molar-refractivity contribution is -0.0497. The highest BCUT2D eigenvalue weighted by atomic mass is 35.5. The molecule has 9 heteroatoms. The number of nitrogens with zero attached hydrogens (tertiary/aromatic N) is 1. The van der Waals surface area contributed by atoms with Crippen molar-refractivity contribution in [2.24, 2.45) is 0 Å². The molecule has 0 saturated heterocycles. The number of carbonyl (C=O) groups is 1. The van der Waals surface area contributed by atoms with E-state index in [0.717, 1.165) is 0 Å². The van der Waals surface area contributed by atoms with Gasteiger partial charge in [0.15, 0.2) is 0 Å². The van der Waals surface area contributed by atoms with E-state index in [-0.39, 0.29) is 27.9 Å². The number of hydrogen-bond donors (Lipinski definition) is 1. The van der Waals surface area contributed by atoms with Crippen molar-refractivity contribution in [2.45, 2.75) is 6.61 Å². The molecule has 1 heterocycles. The molecule has 0 unspecified atom stereocenters. The van der Waals surface area contributed by atoms with E-state index in [2.05, 4.69) is 15.2 Å². The van der Waals surface area contributed by atoms with Crippen LogP contribution in [0.3, 0.4) is 0 Å². The molecule has 0 aliphatic heterocycles. The zero-order chi connectivity index (χ0) is 18.7. The summed E-state index contributed by atoms with van der Waals surface area (Å²) in [6, 6.07) is 10.8. The summed E-state index contributed by atoms with van der Waals surface area (Å²) in [6.45, 7) is -3.01. The second kappa shape index (κ2) is 7.49. The number of ether oxygens (including phenoxy) is 1. The molecule has 0 saturated carbocycles. The summed E-state index contributed by atoms with van der Waals surface area (Å²) in [5.74, 6) is -1.42. The van der Waals surface area contributed by atoms with Crippen LogP contribution < -0.4 is 10.1 Å². The van der Waals surface area contributed by atoms with Gasteiger partial charge in [0, 0.05) is 17.3 Å². The summed E-state index contributed by atoms with van der Waals surface area (Å²) < 4.78 is 46.8. The first-order valence-electron chi connectivity index (χ1n) is 7.21. The van der Waals surface area contributed by atoms with Gasteiger partial charge in [0.25, 0.3) is 5.91 Å². The van der Waals surface area contributed by atoms with E-state index < -0.39 is 18.3 Å². The fourth-order valence-electron chi connectivity index (χ4n) is 2.13. The van der Waals surface area contributed by atoms with Crippen molar-refractivity contribution in [1.29, 1.82) is 0 Å². The Labute approximate surface area is 150 Å². The van der Waals surface area contributed by atoms with Gasteiger partial charge in [-0.3, -0.25) is 4.79 Å². The molecule has 3 rings (SSSR count). The topological polar surface area (TPSA) is 64.4 Å². The van der Waals surface area contributed by atoms with E-state index in [1.165, 1.54) is 42.5 Å². The van der Waals surface area contributed by atoms with Crippen LogP contribution in [-0.4, -0.2) is 17.7 Å². The van der Waals surface area contributed by atoms with E-state index in [1.807, 2.05) is 0 Å². The van der Waals surface area contributed by atoms with Crippen LogP contribution in [0.25, 0.3) is 11.3 Å². The molecular formula is C17H10ClF3N2O3. The maximum atomic E-state index is 13.2. The average molecular weight is 383 g/mol. The first-order valence-corrected chi connectivity index (χ1v) is 7.58. The Bertz CT molecular complexity index is 947. The fraction of sp³-hybridized carbons (Fsp3) is 0.0588. The van der Waals surface area contributed by atoms with Crippen molar-refractivity contribution in [1.82, 2.24) is 5.16 Å². The van der Waals surface area contributed by atoms with Crippen LogP contribution in [0.4, 0.5) is 18.9 Å². The van der Waals surface area contributed by atoms with E-state index in [0.29, 0.717) is 5.56 Å². The molecule has 1 amide bonds. The lowest BCUT2D eigenvalue weighted by Crippen LogP contribution is -2.11. The van der Waals surface area contributed by atoms with Crippen LogP contribution >= 0.6 is 11.6 Å². The Morgan fingerprint density at radius 2 is 2.00 bits per heavy atom. The van der Waals surface area contributed by atoms with E-state index in [9.17, 15) is 18.0 Å². The first kappa shape index (κ1) is 17.8. The summed E-state index contributed by atoms with van der Waals surface area (Å²) in [5.41, 5.74) is 0.975. The Morgan fingerprint density at radius 3 is 2.69 bits per heavy atom. The minimum Gasteiger partial charge on any atom is -0.433 e. The highest BCUT2D eigenvalue weighted by molar-refractivity contribution is 6.32. The summed E-state index contributed by atoms with van der Waals surface area (Å²) in [5, 5.41) is 6.11. The number of anilines is 1. The highest BCUT2D eigenvalue weighted by Gasteiger charge is 2.16. The molecule has 26 heavy (non-hydrogen) atoms. The maximum absolute atomic E-state index is 13.2. The minimum atomic E-state index is -3.01. The zero-order valence-electron chi connectivity index (χ0n) is 12.9. The number of hydrogen-bond acceptors (Lipinski definition) is 4. The van der Waals surface area contributed by atoms with Crippen molar-refractivity contribution < 1.29 is 27.2 Å². The van der Waals surface area contributed by atoms with Gasteiger partial charge in [-0.2, -0.15) is 8.78 Å². The molecule has 0 aliphatic carbocycles. The van der Waals surface area contributed by atoms with Gasteiger partial charge in [-0.25, -0.2) is 4.39 Å². The Morgan fingerprint density at radius 1 is 1.19 bits per heavy atom. The third-order valence-electron chi connectivity index (χ3n) is 3.26. The second-order valence-corrected chi connectivity index (χ2v) is 5.47. The highest BCUT2D eigenvalue weighted by Crippen LogP contribution is 2.29. The number of nitrogens with one attached hydrogen (secondary N) is 1. The molecule has 1 N–H and O–H groups in total. The molecule has 0 fully saturated rings. The zero-order valence-corrected chi connectivity index (χ0v) is 13.6. The molecule has 3 aromatic rings. The van der Waals surface area contributed by atoms with E-state index in [1.54, 1.807) is 6.07 Å². The number of alkyl halides is 2. The van der Waals surface area contributed by atoms with Crippen molar-refractivity contribution in [3.8, 4) is 17.0 Å². The largest absolute Gasteiger partial charge is 0.433 e. The minimum absolute atomic E-state index is 0.0962. The van der Waals surface area contributed by atoms with Gasteiger partial charge in [-0.15, -0.1) is 0 Å². The second-order valence-electron chi connectivity index (χ2n) is 5.06. The molecule has 2 aromatic carbocycles. The number of benzene rings is 2. The summed E-state index contributed by atoms with van der Waals surface area (Å²) in [7, 11) is 0. The Kier molecular flexibility index (Phi) is 5.13. The Balaban J connectivity index is 1.74. The molecule has 134 valence electrons. The van der Waals surface area contributed by atoms with Crippen LogP contribution in [0, 0.1) is 5.82 Å². The van der Waals surface area contributed by atoms with Gasteiger partial charge in [0.05, 0.1) is 5.02 Å². The summed E-state index contributed by atoms with van der Waals surface area (Å²) >= 11 is 5.82. The molecule has 0 spiro atoms. The van der Waals surface area contributed by atoms with Crippen LogP contribution in [0.15, 0.2) is 53.1 Å². The molecule has 5 nitrogen and oxygen atoms in total. The first-order chi connectivity index (χ1) is 12.4. The number of halogens is 4. The SMILES string of the molecule is O=C(Nc1ccc(OC(F)F)c(Cl)c1)c1cc(-c2cccc(F)c2)no1. The average Bonchev–Trinajstić information content (AvgIpc) is 3.07. The van der Waals surface area contributed by atoms with Gasteiger partial charge < -0.3 is 14.6 Å². The van der Waals surface area contributed by atoms with Gasteiger partial charge >= 0.3 is 6.61 Å². The third kappa shape index (κ3) is 4.15. The van der Waals surface area contributed by atoms with E-state index in [4.69, 9.17) is 16.1 Å². The molecular weight excluding hydrogens is 373 g/mol. The lowest BCUT2D eigenvalue weighted by Gasteiger charge is -2.08. The van der Waals surface area contributed by atoms with Crippen LogP contribution in [0.5, 0.6) is 5.75 Å². The maximum Gasteiger partial charge on any atom is 0.387 e. The molecule has 0 radical (unpaired) electrons. The number of rotatable bonds is 5. The standard InChI is InChI=1S/C17H10ClF3N2O3/c18-12-7-11(4-5-14(12)25-17(20)21)22-16(24)15-8-13(23-26-15)9-2-1-3-10(19)6-9/h1-8,17H,(H,22,24). The van der Waals surface area contributed by atoms with E-state index >= 15 is 0 Å². The van der Waals surface area contributed by atoms with Crippen molar-refractivity contribution in [2.75, 3.05) is 5.32 Å². The predicted octanol–water partition coefficient (Wildman–Crippen LogP) is 4.99. The summed E-state index contributed by atoms with van der Waals surface area (Å²) in [4.78, 5) is 12.2. The third-order valence-corrected chi connectivity index (χ3v) is 3.56. The van der Waals surface area contributed by atoms with Crippen LogP contribution in [0.1, 0.15) is 10.6 Å². The fourth-order valence-corrected chi connectivity index (χ4v) is 2.35. The van der Waals surface area contributed by atoms with Gasteiger partial charge in [0.1, 0.15) is 17.3 Å². The van der Waals surface area contributed by atoms with Gasteiger partial charge in [-0.1, -0.05) is 28.9 Å². The molecule has 1 aromatic heterocycles. The monoisotopic (exact) mass is 382 g/mol. The summed E-state index contributed by atoms with van der Waals surface area (Å²) in [6.07, 6.45) is 0. The smallest absolute Gasteiger partial charge is 0.387 e. The number of amides is 1. The molecule has 0 bridgehead atoms. The number of aromatic nitrogens is 1. The molecule has 0 aliphatic rings. The van der Waals surface area contributed by atoms with Gasteiger partial charge in [0.2, 0.25) is 5.76 Å². The van der Waals surface area contributed by atoms with Crippen molar-refractivity contribution in [3.63, 3.8) is 0 Å². The van der Waals surface area contributed by atoms with Crippen LogP contribution in [0.2, 0.25) is 5.02 Å². The normalized spacial score (nSPS) is 10.8. The van der Waals surface area contributed by atoms with Gasteiger partial charge in [-0.05, 0) is 30.3 Å². The lowest BCUT2D eigenvalue weighted by atomic mass is 10.1. The Hall–Kier alpha value is -3.00. The quantitative estimate of drug-likeness (QED) is 0.675. The number of carbonyl (C=O) groups excluding carboxylic acids is 1.